The number of anilines is 1. The minimum Gasteiger partial charge on any atom is -0.352 e. The summed E-state index contributed by atoms with van der Waals surface area (Å²) < 4.78 is 27.0. The molecule has 3 rings (SSSR count). The molecule has 5 nitrogen and oxygen atoms in total. The van der Waals surface area contributed by atoms with Crippen molar-refractivity contribution in [2.24, 2.45) is 5.92 Å². The highest BCUT2D eigenvalue weighted by Gasteiger charge is 2.30. The molecule has 1 heterocycles. The summed E-state index contributed by atoms with van der Waals surface area (Å²) in [6.45, 7) is 3.40. The van der Waals surface area contributed by atoms with Crippen LogP contribution in [0.2, 0.25) is 0 Å². The molecule has 1 aliphatic rings. The Labute approximate surface area is 169 Å². The van der Waals surface area contributed by atoms with E-state index in [1.165, 1.54) is 0 Å². The van der Waals surface area contributed by atoms with Gasteiger partial charge in [-0.25, -0.2) is 8.78 Å². The molecule has 0 bridgehead atoms. The van der Waals surface area contributed by atoms with Gasteiger partial charge in [-0.3, -0.25) is 14.5 Å². The molecule has 0 saturated carbocycles. The normalized spacial score (nSPS) is 16.2. The third kappa shape index (κ3) is 5.60. The summed E-state index contributed by atoms with van der Waals surface area (Å²) in [6.07, 6.45) is 1.29. The lowest BCUT2D eigenvalue weighted by atomic mass is 9.94. The topological polar surface area (TPSA) is 61.4 Å². The molecule has 1 atom stereocenters. The monoisotopic (exact) mass is 401 g/mol. The quantitative estimate of drug-likeness (QED) is 0.781. The van der Waals surface area contributed by atoms with Crippen molar-refractivity contribution in [1.29, 1.82) is 0 Å². The zero-order chi connectivity index (χ0) is 20.8. The maximum absolute atomic E-state index is 13.7. The summed E-state index contributed by atoms with van der Waals surface area (Å²) in [4.78, 5) is 26.8. The highest BCUT2D eigenvalue weighted by molar-refractivity contribution is 5.94. The number of carbonyl (C=O) groups is 2. The maximum atomic E-state index is 13.7. The fraction of sp³-hybridized carbons (Fsp3) is 0.364. The first-order valence-electron chi connectivity index (χ1n) is 9.75. The van der Waals surface area contributed by atoms with E-state index in [9.17, 15) is 18.4 Å². The number of nitrogens with zero attached hydrogens (tertiary/aromatic N) is 1. The molecule has 1 saturated heterocycles. The van der Waals surface area contributed by atoms with Crippen molar-refractivity contribution in [3.63, 3.8) is 0 Å². The zero-order valence-electron chi connectivity index (χ0n) is 16.3. The molecule has 2 N–H and O–H groups in total. The van der Waals surface area contributed by atoms with E-state index >= 15 is 0 Å². The van der Waals surface area contributed by atoms with Crippen molar-refractivity contribution in [3.05, 3.63) is 65.7 Å². The van der Waals surface area contributed by atoms with Crippen molar-refractivity contribution in [2.75, 3.05) is 18.4 Å². The molecular formula is C22H25F2N3O2. The zero-order valence-corrected chi connectivity index (χ0v) is 16.3. The number of benzene rings is 2. The Morgan fingerprint density at radius 3 is 2.48 bits per heavy atom. The number of likely N-dealkylation sites (tertiary alicyclic amines) is 1. The Kier molecular flexibility index (Phi) is 6.93. The number of nitrogens with one attached hydrogen (secondary N) is 2. The lowest BCUT2D eigenvalue weighted by Crippen LogP contribution is -2.48. The van der Waals surface area contributed by atoms with E-state index in [-0.39, 0.29) is 17.5 Å². The third-order valence-electron chi connectivity index (χ3n) is 5.32. The van der Waals surface area contributed by atoms with Gasteiger partial charge in [0.05, 0.1) is 11.7 Å². The molecule has 29 heavy (non-hydrogen) atoms. The van der Waals surface area contributed by atoms with E-state index in [0.717, 1.165) is 23.8 Å². The molecule has 2 amide bonds. The van der Waals surface area contributed by atoms with Crippen LogP contribution in [0.4, 0.5) is 14.5 Å². The van der Waals surface area contributed by atoms with Crippen LogP contribution in [0.5, 0.6) is 0 Å². The Bertz CT molecular complexity index is 852. The lowest BCUT2D eigenvalue weighted by Gasteiger charge is -2.34. The second-order valence-corrected chi connectivity index (χ2v) is 7.30. The first-order valence-corrected chi connectivity index (χ1v) is 9.75. The Morgan fingerprint density at radius 2 is 1.79 bits per heavy atom. The van der Waals surface area contributed by atoms with Gasteiger partial charge in [-0.2, -0.15) is 0 Å². The standard InChI is InChI=1S/C22H25F2N3O2/c1-15(21(28)26-20-13-18(23)7-8-19(20)24)27-11-9-17(10-12-27)22(29)25-14-16-5-3-2-4-6-16/h2-8,13,15,17H,9-12,14H2,1H3,(H,25,29)(H,26,28). The van der Waals surface area contributed by atoms with Gasteiger partial charge in [0, 0.05) is 18.5 Å². The van der Waals surface area contributed by atoms with Crippen LogP contribution in [-0.2, 0) is 16.1 Å². The fourth-order valence-corrected chi connectivity index (χ4v) is 3.47. The number of amides is 2. The molecular weight excluding hydrogens is 376 g/mol. The van der Waals surface area contributed by atoms with Crippen LogP contribution in [0, 0.1) is 17.6 Å². The SMILES string of the molecule is CC(C(=O)Nc1cc(F)ccc1F)N1CCC(C(=O)NCc2ccccc2)CC1. The van der Waals surface area contributed by atoms with Gasteiger partial charge in [0.15, 0.2) is 0 Å². The predicted octanol–water partition coefficient (Wildman–Crippen LogP) is 3.32. The average molecular weight is 401 g/mol. The van der Waals surface area contributed by atoms with Crippen LogP contribution in [0.25, 0.3) is 0 Å². The summed E-state index contributed by atoms with van der Waals surface area (Å²) >= 11 is 0. The molecule has 1 fully saturated rings. The van der Waals surface area contributed by atoms with Gasteiger partial charge in [-0.15, -0.1) is 0 Å². The van der Waals surface area contributed by atoms with Gasteiger partial charge >= 0.3 is 0 Å². The van der Waals surface area contributed by atoms with E-state index < -0.39 is 23.6 Å². The molecule has 0 radical (unpaired) electrons. The second kappa shape index (κ2) is 9.60. The number of halogens is 2. The van der Waals surface area contributed by atoms with Gasteiger partial charge in [0.1, 0.15) is 11.6 Å². The van der Waals surface area contributed by atoms with Gasteiger partial charge in [0.25, 0.3) is 0 Å². The maximum Gasteiger partial charge on any atom is 0.241 e. The van der Waals surface area contributed by atoms with Gasteiger partial charge in [-0.05, 0) is 50.6 Å². The molecule has 154 valence electrons. The number of hydrogen-bond donors (Lipinski definition) is 2. The first-order chi connectivity index (χ1) is 13.9. The van der Waals surface area contributed by atoms with Crippen LogP contribution in [-0.4, -0.2) is 35.8 Å². The van der Waals surface area contributed by atoms with Crippen LogP contribution in [0.3, 0.4) is 0 Å². The Morgan fingerprint density at radius 1 is 1.10 bits per heavy atom. The Balaban J connectivity index is 1.47. The molecule has 0 aliphatic carbocycles. The van der Waals surface area contributed by atoms with Crippen LogP contribution in [0.15, 0.2) is 48.5 Å². The molecule has 7 heteroatoms. The highest BCUT2D eigenvalue weighted by atomic mass is 19.1. The van der Waals surface area contributed by atoms with Crippen LogP contribution < -0.4 is 10.6 Å². The number of piperidine rings is 1. The molecule has 1 aliphatic heterocycles. The van der Waals surface area contributed by atoms with Crippen LogP contribution >= 0.6 is 0 Å². The summed E-state index contributed by atoms with van der Waals surface area (Å²) in [6, 6.07) is 12.2. The second-order valence-electron chi connectivity index (χ2n) is 7.30. The summed E-state index contributed by atoms with van der Waals surface area (Å²) in [5, 5.41) is 5.41. The lowest BCUT2D eigenvalue weighted by molar-refractivity contribution is -0.127. The smallest absolute Gasteiger partial charge is 0.241 e. The van der Waals surface area contributed by atoms with Gasteiger partial charge < -0.3 is 10.6 Å². The number of hydrogen-bond acceptors (Lipinski definition) is 3. The Hall–Kier alpha value is -2.80. The molecule has 2 aromatic carbocycles. The van der Waals surface area contributed by atoms with E-state index in [1.54, 1.807) is 6.92 Å². The van der Waals surface area contributed by atoms with E-state index in [1.807, 2.05) is 35.2 Å². The van der Waals surface area contributed by atoms with Crippen molar-refractivity contribution < 1.29 is 18.4 Å². The molecule has 2 aromatic rings. The van der Waals surface area contributed by atoms with Gasteiger partial charge in [-0.1, -0.05) is 30.3 Å². The first kappa shape index (κ1) is 20.9. The summed E-state index contributed by atoms with van der Waals surface area (Å²) in [5.41, 5.74) is 0.880. The highest BCUT2D eigenvalue weighted by Crippen LogP contribution is 2.21. The van der Waals surface area contributed by atoms with Crippen molar-refractivity contribution in [2.45, 2.75) is 32.4 Å². The largest absolute Gasteiger partial charge is 0.352 e. The van der Waals surface area contributed by atoms with Gasteiger partial charge in [0.2, 0.25) is 11.8 Å². The van der Waals surface area contributed by atoms with E-state index in [2.05, 4.69) is 10.6 Å². The molecule has 1 unspecified atom stereocenters. The van der Waals surface area contributed by atoms with Crippen LogP contribution in [0.1, 0.15) is 25.3 Å². The summed E-state index contributed by atoms with van der Waals surface area (Å²) in [7, 11) is 0. The van der Waals surface area contributed by atoms with Crippen molar-refractivity contribution >= 4 is 17.5 Å². The summed E-state index contributed by atoms with van der Waals surface area (Å²) in [5.74, 6) is -1.77. The predicted molar refractivity (Wildman–Crippen MR) is 107 cm³/mol. The average Bonchev–Trinajstić information content (AvgIpc) is 2.75. The van der Waals surface area contributed by atoms with E-state index in [4.69, 9.17) is 0 Å². The van der Waals surface area contributed by atoms with E-state index in [0.29, 0.717) is 32.5 Å². The number of rotatable bonds is 6. The molecule has 0 aromatic heterocycles. The minimum atomic E-state index is -0.680. The minimum absolute atomic E-state index is 0.0208. The number of carbonyl (C=O) groups excluding carboxylic acids is 2. The van der Waals surface area contributed by atoms with Crippen molar-refractivity contribution in [1.82, 2.24) is 10.2 Å². The van der Waals surface area contributed by atoms with Crippen molar-refractivity contribution in [3.8, 4) is 0 Å². The third-order valence-corrected chi connectivity index (χ3v) is 5.32. The fourth-order valence-electron chi connectivity index (χ4n) is 3.47. The molecule has 0 spiro atoms.